The van der Waals surface area contributed by atoms with Crippen molar-refractivity contribution in [2.75, 3.05) is 0 Å². The normalized spacial score (nSPS) is 12.9. The number of thiophene rings is 1. The fourth-order valence-corrected chi connectivity index (χ4v) is 2.82. The molecule has 0 radical (unpaired) electrons. The van der Waals surface area contributed by atoms with Gasteiger partial charge in [0, 0.05) is 33.4 Å². The van der Waals surface area contributed by atoms with Crippen molar-refractivity contribution in [1.29, 1.82) is 0 Å². The average molecular weight is 238 g/mol. The summed E-state index contributed by atoms with van der Waals surface area (Å²) in [6.45, 7) is 5.25. The molecule has 0 saturated heterocycles. The van der Waals surface area contributed by atoms with E-state index in [2.05, 4.69) is 36.3 Å². The van der Waals surface area contributed by atoms with Crippen LogP contribution >= 0.6 is 22.7 Å². The lowest BCUT2D eigenvalue weighted by molar-refractivity contribution is 0.587. The minimum absolute atomic E-state index is 0.422. The van der Waals surface area contributed by atoms with Crippen molar-refractivity contribution in [3.63, 3.8) is 0 Å². The predicted octanol–water partition coefficient (Wildman–Crippen LogP) is 3.36. The van der Waals surface area contributed by atoms with E-state index < -0.39 is 0 Å². The lowest BCUT2D eigenvalue weighted by atomic mass is 10.2. The van der Waals surface area contributed by atoms with Gasteiger partial charge in [0.25, 0.3) is 0 Å². The van der Waals surface area contributed by atoms with E-state index >= 15 is 0 Å². The number of nitrogens with one attached hydrogen (secondary N) is 1. The molecule has 2 aromatic rings. The maximum atomic E-state index is 4.06. The number of hydrogen-bond acceptors (Lipinski definition) is 4. The van der Waals surface area contributed by atoms with Crippen LogP contribution in [0.5, 0.6) is 0 Å². The van der Waals surface area contributed by atoms with Gasteiger partial charge in [-0.2, -0.15) is 0 Å². The lowest BCUT2D eigenvalue weighted by Crippen LogP contribution is -2.16. The molecule has 0 aliphatic carbocycles. The molecule has 0 fully saturated rings. The van der Waals surface area contributed by atoms with Gasteiger partial charge >= 0.3 is 0 Å². The van der Waals surface area contributed by atoms with Gasteiger partial charge < -0.3 is 5.32 Å². The molecule has 0 bridgehead atoms. The summed E-state index contributed by atoms with van der Waals surface area (Å²) in [5.74, 6) is 0. The first kappa shape index (κ1) is 10.8. The molecule has 0 aliphatic heterocycles. The number of aryl methyl sites for hydroxylation is 1. The first-order chi connectivity index (χ1) is 7.25. The highest BCUT2D eigenvalue weighted by Gasteiger charge is 2.07. The highest BCUT2D eigenvalue weighted by Crippen LogP contribution is 2.22. The second-order valence-corrected chi connectivity index (χ2v) is 5.81. The maximum Gasteiger partial charge on any atom is 0.0794 e. The number of thiazole rings is 1. The van der Waals surface area contributed by atoms with E-state index in [4.69, 9.17) is 0 Å². The van der Waals surface area contributed by atoms with Gasteiger partial charge in [-0.15, -0.1) is 22.7 Å². The lowest BCUT2D eigenvalue weighted by Gasteiger charge is -2.10. The standard InChI is InChI=1S/C11H14N2S2/c1-8-3-4-11(15-8)9(2)13-6-10-5-12-7-14-10/h3-5,7,9,13H,6H2,1-2H3. The van der Waals surface area contributed by atoms with Crippen LogP contribution in [0, 0.1) is 6.92 Å². The monoisotopic (exact) mass is 238 g/mol. The molecule has 0 aromatic carbocycles. The van der Waals surface area contributed by atoms with Gasteiger partial charge in [-0.3, -0.25) is 4.98 Å². The molecule has 0 aliphatic rings. The van der Waals surface area contributed by atoms with E-state index in [1.54, 1.807) is 11.3 Å². The van der Waals surface area contributed by atoms with E-state index in [-0.39, 0.29) is 0 Å². The van der Waals surface area contributed by atoms with Crippen molar-refractivity contribution in [3.05, 3.63) is 38.5 Å². The van der Waals surface area contributed by atoms with E-state index in [9.17, 15) is 0 Å². The summed E-state index contributed by atoms with van der Waals surface area (Å²) < 4.78 is 0. The molecular formula is C11H14N2S2. The van der Waals surface area contributed by atoms with E-state index in [0.29, 0.717) is 6.04 Å². The number of rotatable bonds is 4. The summed E-state index contributed by atoms with van der Waals surface area (Å²) in [6.07, 6.45) is 1.92. The SMILES string of the molecule is Cc1ccc(C(C)NCc2cncs2)s1. The summed E-state index contributed by atoms with van der Waals surface area (Å²) in [4.78, 5) is 8.12. The van der Waals surface area contributed by atoms with Gasteiger partial charge in [-0.05, 0) is 26.0 Å². The van der Waals surface area contributed by atoms with E-state index in [0.717, 1.165) is 6.54 Å². The van der Waals surface area contributed by atoms with Crippen LogP contribution in [-0.4, -0.2) is 4.98 Å². The smallest absolute Gasteiger partial charge is 0.0794 e. The fraction of sp³-hybridized carbons (Fsp3) is 0.364. The highest BCUT2D eigenvalue weighted by atomic mass is 32.1. The Balaban J connectivity index is 1.90. The van der Waals surface area contributed by atoms with Crippen molar-refractivity contribution >= 4 is 22.7 Å². The summed E-state index contributed by atoms with van der Waals surface area (Å²) in [7, 11) is 0. The first-order valence-electron chi connectivity index (χ1n) is 4.93. The summed E-state index contributed by atoms with van der Waals surface area (Å²) in [5.41, 5.74) is 1.87. The van der Waals surface area contributed by atoms with E-state index in [1.807, 2.05) is 23.0 Å². The first-order valence-corrected chi connectivity index (χ1v) is 6.62. The van der Waals surface area contributed by atoms with Crippen LogP contribution < -0.4 is 5.32 Å². The van der Waals surface area contributed by atoms with Gasteiger partial charge in [-0.25, -0.2) is 0 Å². The van der Waals surface area contributed by atoms with Crippen LogP contribution in [0.15, 0.2) is 23.8 Å². The van der Waals surface area contributed by atoms with Gasteiger partial charge in [0.15, 0.2) is 0 Å². The highest BCUT2D eigenvalue weighted by molar-refractivity contribution is 7.12. The third-order valence-electron chi connectivity index (χ3n) is 2.25. The maximum absolute atomic E-state index is 4.06. The molecule has 1 atom stereocenters. The van der Waals surface area contributed by atoms with Gasteiger partial charge in [0.2, 0.25) is 0 Å². The Morgan fingerprint density at radius 1 is 1.47 bits per heavy atom. The molecule has 2 nitrogen and oxygen atoms in total. The number of nitrogens with zero attached hydrogens (tertiary/aromatic N) is 1. The molecule has 0 saturated carbocycles. The zero-order chi connectivity index (χ0) is 10.7. The van der Waals surface area contributed by atoms with Crippen LogP contribution in [-0.2, 0) is 6.54 Å². The Morgan fingerprint density at radius 3 is 2.93 bits per heavy atom. The van der Waals surface area contributed by atoms with Gasteiger partial charge in [0.05, 0.1) is 5.51 Å². The Hall–Kier alpha value is -0.710. The largest absolute Gasteiger partial charge is 0.304 e. The molecule has 15 heavy (non-hydrogen) atoms. The van der Waals surface area contributed by atoms with Crippen molar-refractivity contribution < 1.29 is 0 Å². The van der Waals surface area contributed by atoms with Crippen LogP contribution in [0.3, 0.4) is 0 Å². The fourth-order valence-electron chi connectivity index (χ4n) is 1.37. The molecule has 2 heterocycles. The van der Waals surface area contributed by atoms with Crippen molar-refractivity contribution in [3.8, 4) is 0 Å². The zero-order valence-electron chi connectivity index (χ0n) is 8.86. The number of aromatic nitrogens is 1. The molecule has 4 heteroatoms. The Bertz CT molecular complexity index is 406. The molecule has 1 N–H and O–H groups in total. The molecule has 0 amide bonds. The van der Waals surface area contributed by atoms with Gasteiger partial charge in [-0.1, -0.05) is 0 Å². The van der Waals surface area contributed by atoms with Crippen LogP contribution in [0.25, 0.3) is 0 Å². The van der Waals surface area contributed by atoms with Crippen molar-refractivity contribution in [1.82, 2.24) is 10.3 Å². The Labute approximate surface area is 98.0 Å². The Kier molecular flexibility index (Phi) is 3.51. The molecular weight excluding hydrogens is 224 g/mol. The summed E-state index contributed by atoms with van der Waals surface area (Å²) in [6, 6.07) is 4.79. The second kappa shape index (κ2) is 4.88. The molecule has 2 rings (SSSR count). The zero-order valence-corrected chi connectivity index (χ0v) is 10.5. The number of hydrogen-bond donors (Lipinski definition) is 1. The minimum Gasteiger partial charge on any atom is -0.304 e. The van der Waals surface area contributed by atoms with Crippen LogP contribution in [0.4, 0.5) is 0 Å². The Morgan fingerprint density at radius 2 is 2.33 bits per heavy atom. The van der Waals surface area contributed by atoms with Gasteiger partial charge in [0.1, 0.15) is 0 Å². The topological polar surface area (TPSA) is 24.9 Å². The van der Waals surface area contributed by atoms with Crippen LogP contribution in [0.2, 0.25) is 0 Å². The van der Waals surface area contributed by atoms with E-state index in [1.165, 1.54) is 14.6 Å². The second-order valence-electron chi connectivity index (χ2n) is 3.52. The summed E-state index contributed by atoms with van der Waals surface area (Å²) >= 11 is 3.55. The summed E-state index contributed by atoms with van der Waals surface area (Å²) in [5, 5.41) is 3.50. The molecule has 80 valence electrons. The third-order valence-corrected chi connectivity index (χ3v) is 4.22. The van der Waals surface area contributed by atoms with Crippen molar-refractivity contribution in [2.24, 2.45) is 0 Å². The average Bonchev–Trinajstić information content (AvgIpc) is 2.84. The predicted molar refractivity (Wildman–Crippen MR) is 66.4 cm³/mol. The minimum atomic E-state index is 0.422. The quantitative estimate of drug-likeness (QED) is 0.883. The molecule has 2 aromatic heterocycles. The molecule has 0 spiro atoms. The van der Waals surface area contributed by atoms with Crippen LogP contribution in [0.1, 0.15) is 27.6 Å². The molecule has 1 unspecified atom stereocenters. The van der Waals surface area contributed by atoms with Crippen molar-refractivity contribution in [2.45, 2.75) is 26.4 Å². The third kappa shape index (κ3) is 2.87.